The van der Waals surface area contributed by atoms with Gasteiger partial charge in [-0.3, -0.25) is 0 Å². The average Bonchev–Trinajstić information content (AvgIpc) is 3.05. The van der Waals surface area contributed by atoms with Gasteiger partial charge in [-0.05, 0) is 23.9 Å². The molecule has 92 valence electrons. The maximum absolute atomic E-state index is 4.40. The first-order valence-corrected chi connectivity index (χ1v) is 7.56. The van der Waals surface area contributed by atoms with E-state index in [-0.39, 0.29) is 0 Å². The normalized spacial score (nSPS) is 10.9. The maximum Gasteiger partial charge on any atom is 0.135 e. The van der Waals surface area contributed by atoms with Crippen LogP contribution in [-0.4, -0.2) is 9.97 Å². The van der Waals surface area contributed by atoms with Crippen LogP contribution in [0.25, 0.3) is 10.1 Å². The molecule has 0 bridgehead atoms. The maximum atomic E-state index is 4.40. The molecule has 3 nitrogen and oxygen atoms in total. The summed E-state index contributed by atoms with van der Waals surface area (Å²) in [6.45, 7) is 2.89. The fraction of sp³-hybridized carbons (Fsp3) is 0.231. The van der Waals surface area contributed by atoms with Crippen LogP contribution in [0.4, 0.5) is 5.82 Å². The third-order valence-corrected chi connectivity index (χ3v) is 4.76. The van der Waals surface area contributed by atoms with Gasteiger partial charge in [0, 0.05) is 27.4 Å². The summed E-state index contributed by atoms with van der Waals surface area (Å²) in [6, 6.07) is 4.15. The van der Waals surface area contributed by atoms with Crippen LogP contribution in [0.2, 0.25) is 0 Å². The lowest BCUT2D eigenvalue weighted by Gasteiger charge is -2.04. The van der Waals surface area contributed by atoms with Crippen molar-refractivity contribution in [2.75, 3.05) is 5.32 Å². The van der Waals surface area contributed by atoms with Gasteiger partial charge >= 0.3 is 0 Å². The van der Waals surface area contributed by atoms with Crippen molar-refractivity contribution in [2.24, 2.45) is 0 Å². The Bertz CT molecular complexity index is 657. The molecule has 0 fully saturated rings. The Morgan fingerprint density at radius 2 is 2.22 bits per heavy atom. The number of hydrogen-bond acceptors (Lipinski definition) is 5. The Labute approximate surface area is 114 Å². The molecule has 1 N–H and O–H groups in total. The number of fused-ring (bicyclic) bond motifs is 1. The Morgan fingerprint density at radius 3 is 3.06 bits per heavy atom. The highest BCUT2D eigenvalue weighted by Gasteiger charge is 2.05. The molecule has 0 radical (unpaired) electrons. The summed E-state index contributed by atoms with van der Waals surface area (Å²) in [4.78, 5) is 10.1. The van der Waals surface area contributed by atoms with Crippen LogP contribution in [0.15, 0.2) is 29.9 Å². The summed E-state index contributed by atoms with van der Waals surface area (Å²) in [5.74, 6) is 0.946. The van der Waals surface area contributed by atoms with E-state index in [2.05, 4.69) is 33.7 Å². The third kappa shape index (κ3) is 2.23. The Hall–Kier alpha value is -1.46. The first-order valence-electron chi connectivity index (χ1n) is 5.86. The minimum Gasteiger partial charge on any atom is -0.363 e. The van der Waals surface area contributed by atoms with Gasteiger partial charge in [0.1, 0.15) is 10.8 Å². The van der Waals surface area contributed by atoms with Crippen molar-refractivity contribution in [3.05, 3.63) is 39.8 Å². The van der Waals surface area contributed by atoms with Crippen LogP contribution in [0.3, 0.4) is 0 Å². The Balaban J connectivity index is 1.78. The molecule has 0 atom stereocenters. The summed E-state index contributed by atoms with van der Waals surface area (Å²) in [5.41, 5.74) is 0. The van der Waals surface area contributed by atoms with Gasteiger partial charge in [0.25, 0.3) is 0 Å². The molecule has 0 amide bonds. The molecule has 3 aromatic rings. The average molecular weight is 275 g/mol. The molecular weight excluding hydrogens is 262 g/mol. The lowest BCUT2D eigenvalue weighted by Crippen LogP contribution is -2.00. The van der Waals surface area contributed by atoms with E-state index in [1.54, 1.807) is 22.7 Å². The van der Waals surface area contributed by atoms with E-state index in [4.69, 9.17) is 0 Å². The number of thiazole rings is 1. The lowest BCUT2D eigenvalue weighted by atomic mass is 10.3. The lowest BCUT2D eigenvalue weighted by molar-refractivity contribution is 1.08. The fourth-order valence-electron chi connectivity index (χ4n) is 1.79. The molecule has 0 aliphatic carbocycles. The summed E-state index contributed by atoms with van der Waals surface area (Å²) < 4.78 is 1.26. The van der Waals surface area contributed by atoms with E-state index in [0.29, 0.717) is 0 Å². The monoisotopic (exact) mass is 275 g/mol. The summed E-state index contributed by atoms with van der Waals surface area (Å²) >= 11 is 3.50. The molecule has 18 heavy (non-hydrogen) atoms. The zero-order valence-corrected chi connectivity index (χ0v) is 11.6. The molecule has 0 aliphatic rings. The predicted molar refractivity (Wildman–Crippen MR) is 78.4 cm³/mol. The number of aryl methyl sites for hydroxylation is 1. The third-order valence-electron chi connectivity index (χ3n) is 2.74. The van der Waals surface area contributed by atoms with Crippen LogP contribution < -0.4 is 5.32 Å². The second-order valence-electron chi connectivity index (χ2n) is 3.92. The molecule has 0 aromatic carbocycles. The van der Waals surface area contributed by atoms with E-state index >= 15 is 0 Å². The standard InChI is InChI=1S/C13H13N3S2/c1-2-9-7-15-12(18-9)8-16-13-10-4-6-17-11(10)3-5-14-13/h3-7H,2,8H2,1H3,(H,14,16). The number of hydrogen-bond donors (Lipinski definition) is 1. The number of pyridine rings is 1. The van der Waals surface area contributed by atoms with Gasteiger partial charge in [0.2, 0.25) is 0 Å². The highest BCUT2D eigenvalue weighted by Crippen LogP contribution is 2.26. The van der Waals surface area contributed by atoms with E-state index in [0.717, 1.165) is 23.8 Å². The number of nitrogens with one attached hydrogen (secondary N) is 1. The van der Waals surface area contributed by atoms with Crippen molar-refractivity contribution in [1.29, 1.82) is 0 Å². The zero-order chi connectivity index (χ0) is 12.4. The number of nitrogens with zero attached hydrogens (tertiary/aromatic N) is 2. The topological polar surface area (TPSA) is 37.8 Å². The van der Waals surface area contributed by atoms with Crippen LogP contribution in [0, 0.1) is 0 Å². The van der Waals surface area contributed by atoms with Crippen molar-refractivity contribution < 1.29 is 0 Å². The Kier molecular flexibility index (Phi) is 3.25. The summed E-state index contributed by atoms with van der Waals surface area (Å²) in [7, 11) is 0. The van der Waals surface area contributed by atoms with Gasteiger partial charge in [0.05, 0.1) is 6.54 Å². The minimum atomic E-state index is 0.743. The fourth-order valence-corrected chi connectivity index (χ4v) is 3.37. The van der Waals surface area contributed by atoms with Crippen LogP contribution in [-0.2, 0) is 13.0 Å². The molecule has 0 aliphatic heterocycles. The summed E-state index contributed by atoms with van der Waals surface area (Å²) in [6.07, 6.45) is 4.86. The molecule has 0 unspecified atom stereocenters. The van der Waals surface area contributed by atoms with Gasteiger partial charge in [-0.2, -0.15) is 0 Å². The van der Waals surface area contributed by atoms with Crippen LogP contribution >= 0.6 is 22.7 Å². The first-order chi connectivity index (χ1) is 8.86. The zero-order valence-electron chi connectivity index (χ0n) is 10.0. The Morgan fingerprint density at radius 1 is 1.28 bits per heavy atom. The van der Waals surface area contributed by atoms with Gasteiger partial charge in [-0.15, -0.1) is 22.7 Å². The van der Waals surface area contributed by atoms with E-state index < -0.39 is 0 Å². The molecular formula is C13H13N3S2. The van der Waals surface area contributed by atoms with Crippen molar-refractivity contribution >= 4 is 38.6 Å². The molecule has 3 aromatic heterocycles. The molecule has 0 spiro atoms. The molecule has 5 heteroatoms. The highest BCUT2D eigenvalue weighted by molar-refractivity contribution is 7.17. The number of aromatic nitrogens is 2. The molecule has 0 saturated heterocycles. The SMILES string of the molecule is CCc1cnc(CNc2nccc3sccc23)s1. The van der Waals surface area contributed by atoms with Crippen molar-refractivity contribution in [3.63, 3.8) is 0 Å². The molecule has 3 heterocycles. The van der Waals surface area contributed by atoms with E-state index in [9.17, 15) is 0 Å². The van der Waals surface area contributed by atoms with Gasteiger partial charge in [-0.25, -0.2) is 9.97 Å². The highest BCUT2D eigenvalue weighted by atomic mass is 32.1. The summed E-state index contributed by atoms with van der Waals surface area (Å²) in [5, 5.41) is 7.77. The quantitative estimate of drug-likeness (QED) is 0.784. The smallest absolute Gasteiger partial charge is 0.135 e. The molecule has 3 rings (SSSR count). The molecule has 0 saturated carbocycles. The number of thiophene rings is 1. The van der Waals surface area contributed by atoms with Gasteiger partial charge in [0.15, 0.2) is 0 Å². The second kappa shape index (κ2) is 5.04. The van der Waals surface area contributed by atoms with E-state index in [1.807, 2.05) is 18.5 Å². The number of anilines is 1. The van der Waals surface area contributed by atoms with Crippen molar-refractivity contribution in [1.82, 2.24) is 9.97 Å². The van der Waals surface area contributed by atoms with Gasteiger partial charge < -0.3 is 5.32 Å². The second-order valence-corrected chi connectivity index (χ2v) is 6.07. The van der Waals surface area contributed by atoms with E-state index in [1.165, 1.54) is 15.0 Å². The largest absolute Gasteiger partial charge is 0.363 e. The van der Waals surface area contributed by atoms with Crippen molar-refractivity contribution in [2.45, 2.75) is 19.9 Å². The predicted octanol–water partition coefficient (Wildman–Crippen LogP) is 3.93. The van der Waals surface area contributed by atoms with Crippen LogP contribution in [0.1, 0.15) is 16.8 Å². The minimum absolute atomic E-state index is 0.743. The van der Waals surface area contributed by atoms with Crippen LogP contribution in [0.5, 0.6) is 0 Å². The number of rotatable bonds is 4. The first kappa shape index (κ1) is 11.6. The van der Waals surface area contributed by atoms with Crippen molar-refractivity contribution in [3.8, 4) is 0 Å². The van der Waals surface area contributed by atoms with Gasteiger partial charge in [-0.1, -0.05) is 6.92 Å².